The van der Waals surface area contributed by atoms with E-state index in [1.807, 2.05) is 52.0 Å². The van der Waals surface area contributed by atoms with E-state index in [4.69, 9.17) is 0 Å². The molecule has 0 aliphatic rings. The van der Waals surface area contributed by atoms with Crippen LogP contribution in [-0.2, 0) is 16.6 Å². The first-order valence-corrected chi connectivity index (χ1v) is 10.3. The fraction of sp³-hybridized carbons (Fsp3) is 0.350. The van der Waals surface area contributed by atoms with Crippen molar-refractivity contribution in [2.45, 2.75) is 39.8 Å². The monoisotopic (exact) mass is 374 g/mol. The molecule has 2 rings (SSSR count). The molecule has 0 aliphatic carbocycles. The molecule has 1 N–H and O–H groups in total. The van der Waals surface area contributed by atoms with Gasteiger partial charge in [0.05, 0.1) is 18.5 Å². The number of anilines is 1. The van der Waals surface area contributed by atoms with E-state index in [9.17, 15) is 13.2 Å². The first-order valence-electron chi connectivity index (χ1n) is 8.41. The molecule has 0 bridgehead atoms. The van der Waals surface area contributed by atoms with Crippen LogP contribution in [0.3, 0.4) is 0 Å². The predicted molar refractivity (Wildman–Crippen MR) is 106 cm³/mol. The number of hydrogen-bond donors (Lipinski definition) is 1. The molecule has 0 saturated heterocycles. The van der Waals surface area contributed by atoms with E-state index in [-0.39, 0.29) is 18.0 Å². The minimum Gasteiger partial charge on any atom is -0.347 e. The van der Waals surface area contributed by atoms with E-state index in [2.05, 4.69) is 5.32 Å². The van der Waals surface area contributed by atoms with Crippen molar-refractivity contribution in [2.24, 2.45) is 0 Å². The summed E-state index contributed by atoms with van der Waals surface area (Å²) in [6.07, 6.45) is 1.18. The summed E-state index contributed by atoms with van der Waals surface area (Å²) in [5.41, 5.74) is 2.71. The average Bonchev–Trinajstić information content (AvgIpc) is 2.52. The van der Waals surface area contributed by atoms with Crippen LogP contribution >= 0.6 is 0 Å². The summed E-state index contributed by atoms with van der Waals surface area (Å²) in [5, 5.41) is 2.89. The molecule has 0 heterocycles. The molecule has 0 spiro atoms. The Balaban J connectivity index is 2.26. The molecule has 0 aromatic heterocycles. The van der Waals surface area contributed by atoms with Crippen molar-refractivity contribution >= 4 is 21.6 Å². The number of carbonyl (C=O) groups is 1. The highest BCUT2D eigenvalue weighted by molar-refractivity contribution is 7.92. The zero-order valence-corrected chi connectivity index (χ0v) is 16.7. The van der Waals surface area contributed by atoms with Gasteiger partial charge in [0.1, 0.15) is 0 Å². The van der Waals surface area contributed by atoms with Crippen LogP contribution in [0.25, 0.3) is 0 Å². The van der Waals surface area contributed by atoms with Crippen molar-refractivity contribution in [1.29, 1.82) is 0 Å². The Morgan fingerprint density at radius 3 is 2.00 bits per heavy atom. The van der Waals surface area contributed by atoms with Gasteiger partial charge in [-0.25, -0.2) is 8.42 Å². The largest absolute Gasteiger partial charge is 0.347 e. The van der Waals surface area contributed by atoms with Gasteiger partial charge in [0, 0.05) is 11.1 Å². The number of benzene rings is 2. The van der Waals surface area contributed by atoms with E-state index in [0.717, 1.165) is 11.1 Å². The highest BCUT2D eigenvalue weighted by Crippen LogP contribution is 2.21. The molecular formula is C20H26N2O3S. The maximum atomic E-state index is 12.3. The third-order valence-corrected chi connectivity index (χ3v) is 4.89. The van der Waals surface area contributed by atoms with Crippen LogP contribution in [0.1, 0.15) is 42.3 Å². The van der Waals surface area contributed by atoms with Gasteiger partial charge < -0.3 is 5.32 Å². The molecule has 26 heavy (non-hydrogen) atoms. The highest BCUT2D eigenvalue weighted by Gasteiger charge is 2.19. The molecule has 0 aliphatic heterocycles. The number of hydrogen-bond acceptors (Lipinski definition) is 3. The third kappa shape index (κ3) is 5.59. The molecule has 0 fully saturated rings. The first kappa shape index (κ1) is 20.0. The van der Waals surface area contributed by atoms with Crippen molar-refractivity contribution in [3.63, 3.8) is 0 Å². The summed E-state index contributed by atoms with van der Waals surface area (Å²) in [5.74, 6) is -0.187. The van der Waals surface area contributed by atoms with Crippen molar-refractivity contribution in [2.75, 3.05) is 10.6 Å². The zero-order valence-electron chi connectivity index (χ0n) is 15.9. The summed E-state index contributed by atoms with van der Waals surface area (Å²) in [6, 6.07) is 14.3. The quantitative estimate of drug-likeness (QED) is 0.871. The average molecular weight is 375 g/mol. The molecule has 0 atom stereocenters. The van der Waals surface area contributed by atoms with Crippen LogP contribution in [-0.4, -0.2) is 26.1 Å². The normalized spacial score (nSPS) is 11.9. The van der Waals surface area contributed by atoms with Gasteiger partial charge in [0.25, 0.3) is 5.91 Å². The molecule has 0 unspecified atom stereocenters. The van der Waals surface area contributed by atoms with Crippen LogP contribution < -0.4 is 9.62 Å². The van der Waals surface area contributed by atoms with Gasteiger partial charge in [-0.05, 0) is 57.5 Å². The number of sulfonamides is 1. The van der Waals surface area contributed by atoms with Crippen molar-refractivity contribution in [1.82, 2.24) is 5.32 Å². The number of rotatable bonds is 5. The van der Waals surface area contributed by atoms with Crippen LogP contribution in [0.2, 0.25) is 0 Å². The van der Waals surface area contributed by atoms with E-state index >= 15 is 0 Å². The van der Waals surface area contributed by atoms with Crippen LogP contribution in [0.15, 0.2) is 48.5 Å². The molecule has 2 aromatic carbocycles. The molecule has 5 nitrogen and oxygen atoms in total. The lowest BCUT2D eigenvalue weighted by molar-refractivity contribution is 0.0919. The summed E-state index contributed by atoms with van der Waals surface area (Å²) in [4.78, 5) is 12.2. The molecule has 1 amide bonds. The molecular weight excluding hydrogens is 348 g/mol. The molecule has 2 aromatic rings. The van der Waals surface area contributed by atoms with Gasteiger partial charge in [-0.3, -0.25) is 9.10 Å². The molecule has 140 valence electrons. The Bertz CT molecular complexity index is 865. The van der Waals surface area contributed by atoms with E-state index < -0.39 is 10.0 Å². The fourth-order valence-electron chi connectivity index (χ4n) is 2.45. The SMILES string of the molecule is Cc1ccc(CN(c2ccc(C(=O)NC(C)(C)C)cc2)S(C)(=O)=O)cc1. The van der Waals surface area contributed by atoms with Gasteiger partial charge >= 0.3 is 0 Å². The second-order valence-electron chi connectivity index (χ2n) is 7.51. The van der Waals surface area contributed by atoms with Gasteiger partial charge in [-0.1, -0.05) is 29.8 Å². The van der Waals surface area contributed by atoms with Crippen LogP contribution in [0, 0.1) is 6.92 Å². The van der Waals surface area contributed by atoms with E-state index in [0.29, 0.717) is 11.3 Å². The Morgan fingerprint density at radius 1 is 1.00 bits per heavy atom. The Hall–Kier alpha value is -2.34. The van der Waals surface area contributed by atoms with Gasteiger partial charge in [0.2, 0.25) is 10.0 Å². The highest BCUT2D eigenvalue weighted by atomic mass is 32.2. The predicted octanol–water partition coefficient (Wildman–Crippen LogP) is 3.49. The minimum absolute atomic E-state index is 0.187. The lowest BCUT2D eigenvalue weighted by atomic mass is 10.1. The lowest BCUT2D eigenvalue weighted by Gasteiger charge is -2.23. The van der Waals surface area contributed by atoms with E-state index in [1.165, 1.54) is 10.6 Å². The summed E-state index contributed by atoms with van der Waals surface area (Å²) in [7, 11) is -3.46. The standard InChI is InChI=1S/C20H26N2O3S/c1-15-6-8-16(9-7-15)14-22(26(5,24)25)18-12-10-17(11-13-18)19(23)21-20(2,3)4/h6-13H,14H2,1-5H3,(H,21,23). The maximum absolute atomic E-state index is 12.3. The maximum Gasteiger partial charge on any atom is 0.251 e. The number of nitrogens with zero attached hydrogens (tertiary/aromatic N) is 1. The Morgan fingerprint density at radius 2 is 1.54 bits per heavy atom. The summed E-state index contributed by atoms with van der Waals surface area (Å²) in [6.45, 7) is 7.96. The first-order chi connectivity index (χ1) is 12.0. The van der Waals surface area contributed by atoms with E-state index in [1.54, 1.807) is 24.3 Å². The fourth-order valence-corrected chi connectivity index (χ4v) is 3.34. The smallest absolute Gasteiger partial charge is 0.251 e. The number of nitrogens with one attached hydrogen (secondary N) is 1. The van der Waals surface area contributed by atoms with Gasteiger partial charge in [-0.2, -0.15) is 0 Å². The van der Waals surface area contributed by atoms with Crippen LogP contribution in [0.4, 0.5) is 5.69 Å². The molecule has 0 radical (unpaired) electrons. The van der Waals surface area contributed by atoms with Crippen molar-refractivity contribution in [3.8, 4) is 0 Å². The Labute approximate surface area is 156 Å². The number of amides is 1. The molecule has 6 heteroatoms. The second kappa shape index (κ2) is 7.50. The summed E-state index contributed by atoms with van der Waals surface area (Å²) >= 11 is 0. The topological polar surface area (TPSA) is 66.5 Å². The zero-order chi connectivity index (χ0) is 19.5. The Kier molecular flexibility index (Phi) is 5.76. The van der Waals surface area contributed by atoms with Gasteiger partial charge in [0.15, 0.2) is 0 Å². The van der Waals surface area contributed by atoms with Crippen molar-refractivity contribution in [3.05, 3.63) is 65.2 Å². The second-order valence-corrected chi connectivity index (χ2v) is 9.41. The third-order valence-electron chi connectivity index (χ3n) is 3.75. The van der Waals surface area contributed by atoms with Gasteiger partial charge in [-0.15, -0.1) is 0 Å². The number of aryl methyl sites for hydroxylation is 1. The van der Waals surface area contributed by atoms with Crippen LogP contribution in [0.5, 0.6) is 0 Å². The minimum atomic E-state index is -3.46. The number of carbonyl (C=O) groups excluding carboxylic acids is 1. The lowest BCUT2D eigenvalue weighted by Crippen LogP contribution is -2.40. The summed E-state index contributed by atoms with van der Waals surface area (Å²) < 4.78 is 25.8. The van der Waals surface area contributed by atoms with Crippen molar-refractivity contribution < 1.29 is 13.2 Å². The molecule has 0 saturated carbocycles.